The summed E-state index contributed by atoms with van der Waals surface area (Å²) in [5.74, 6) is 0. The van der Waals surface area contributed by atoms with Crippen molar-refractivity contribution in [3.8, 4) is 0 Å². The minimum Gasteiger partial charge on any atom is -0.324 e. The molecule has 1 heterocycles. The van der Waals surface area contributed by atoms with E-state index in [1.807, 2.05) is 12.3 Å². The van der Waals surface area contributed by atoms with Gasteiger partial charge in [0.05, 0.1) is 0 Å². The van der Waals surface area contributed by atoms with Crippen molar-refractivity contribution in [1.82, 2.24) is 0 Å². The molecule has 4 heteroatoms. The van der Waals surface area contributed by atoms with Gasteiger partial charge in [-0.1, -0.05) is 0 Å². The lowest BCUT2D eigenvalue weighted by atomic mass is 10.3. The Labute approximate surface area is 79.2 Å². The fourth-order valence-electron chi connectivity index (χ4n) is 0.567. The van der Waals surface area contributed by atoms with Crippen molar-refractivity contribution in [2.24, 2.45) is 5.73 Å². The Bertz CT molecular complexity index is 199. The van der Waals surface area contributed by atoms with Gasteiger partial charge in [-0.2, -0.15) is 0 Å². The maximum atomic E-state index is 5.62. The van der Waals surface area contributed by atoms with Crippen LogP contribution in [-0.4, -0.2) is 0 Å². The largest absolute Gasteiger partial charge is 0.324 e. The number of thiophene rings is 1. The van der Waals surface area contributed by atoms with Gasteiger partial charge in [-0.25, -0.2) is 0 Å². The van der Waals surface area contributed by atoms with Crippen LogP contribution in [0.5, 0.6) is 0 Å². The van der Waals surface area contributed by atoms with Crippen molar-refractivity contribution in [2.45, 2.75) is 13.0 Å². The predicted molar refractivity (Wildman–Crippen MR) is 51.9 cm³/mol. The van der Waals surface area contributed by atoms with E-state index in [1.165, 1.54) is 4.88 Å². The number of halogens is 2. The molecule has 1 atom stereocenters. The van der Waals surface area contributed by atoms with Crippen LogP contribution in [-0.2, 0) is 0 Å². The van der Waals surface area contributed by atoms with Crippen LogP contribution in [0.2, 0.25) is 0 Å². The van der Waals surface area contributed by atoms with Crippen molar-refractivity contribution in [3.05, 3.63) is 20.8 Å². The Morgan fingerprint density at radius 3 is 2.50 bits per heavy atom. The molecule has 1 aromatic rings. The minimum atomic E-state index is 0. The van der Waals surface area contributed by atoms with E-state index < -0.39 is 0 Å². The second-order valence-electron chi connectivity index (χ2n) is 1.96. The van der Waals surface area contributed by atoms with Crippen LogP contribution < -0.4 is 5.73 Å². The standard InChI is InChI=1S/C6H8BrNS.ClH/c1-4(8)6-2-5(7)3-9-6;/h2-4H,8H2,1H3;1H. The molecule has 0 aliphatic rings. The van der Waals surface area contributed by atoms with Gasteiger partial charge in [-0.05, 0) is 28.9 Å². The molecule has 0 amide bonds. The van der Waals surface area contributed by atoms with Crippen LogP contribution in [0.25, 0.3) is 0 Å². The molecule has 0 saturated carbocycles. The van der Waals surface area contributed by atoms with Crippen LogP contribution in [0.15, 0.2) is 15.9 Å². The fourth-order valence-corrected chi connectivity index (χ4v) is 1.97. The van der Waals surface area contributed by atoms with Crippen molar-refractivity contribution < 1.29 is 0 Å². The smallest absolute Gasteiger partial charge is 0.0361 e. The molecule has 0 bridgehead atoms. The third kappa shape index (κ3) is 2.58. The van der Waals surface area contributed by atoms with Crippen molar-refractivity contribution in [3.63, 3.8) is 0 Å². The molecule has 0 saturated heterocycles. The Kier molecular flexibility index (Phi) is 4.52. The van der Waals surface area contributed by atoms with Gasteiger partial charge in [0.1, 0.15) is 0 Å². The summed E-state index contributed by atoms with van der Waals surface area (Å²) in [6.07, 6.45) is 0. The summed E-state index contributed by atoms with van der Waals surface area (Å²) in [4.78, 5) is 1.22. The van der Waals surface area contributed by atoms with Gasteiger partial charge < -0.3 is 5.73 Å². The van der Waals surface area contributed by atoms with Crippen LogP contribution >= 0.6 is 39.7 Å². The van der Waals surface area contributed by atoms with Crippen LogP contribution in [0, 0.1) is 0 Å². The zero-order chi connectivity index (χ0) is 6.85. The maximum absolute atomic E-state index is 5.62. The SMILES string of the molecule is CC(N)c1cc(Br)cs1.Cl. The average Bonchev–Trinajstić information content (AvgIpc) is 2.14. The molecule has 0 fully saturated rings. The van der Waals surface area contributed by atoms with Gasteiger partial charge in [0.15, 0.2) is 0 Å². The van der Waals surface area contributed by atoms with Gasteiger partial charge in [-0.15, -0.1) is 23.7 Å². The Hall–Kier alpha value is 0.430. The first-order valence-corrected chi connectivity index (χ1v) is 4.37. The summed E-state index contributed by atoms with van der Waals surface area (Å²) in [5, 5.41) is 2.04. The van der Waals surface area contributed by atoms with Gasteiger partial charge in [0, 0.05) is 20.8 Å². The van der Waals surface area contributed by atoms with Crippen LogP contribution in [0.3, 0.4) is 0 Å². The zero-order valence-electron chi connectivity index (χ0n) is 5.50. The molecule has 0 spiro atoms. The van der Waals surface area contributed by atoms with Crippen LogP contribution in [0.1, 0.15) is 17.8 Å². The summed E-state index contributed by atoms with van der Waals surface area (Å²) in [6, 6.07) is 2.22. The Balaban J connectivity index is 0.000000810. The monoisotopic (exact) mass is 241 g/mol. The first-order valence-electron chi connectivity index (χ1n) is 2.69. The summed E-state index contributed by atoms with van der Waals surface area (Å²) in [7, 11) is 0. The summed E-state index contributed by atoms with van der Waals surface area (Å²) in [5.41, 5.74) is 5.62. The van der Waals surface area contributed by atoms with Crippen molar-refractivity contribution in [1.29, 1.82) is 0 Å². The van der Waals surface area contributed by atoms with E-state index in [9.17, 15) is 0 Å². The Morgan fingerprint density at radius 2 is 2.30 bits per heavy atom. The van der Waals surface area contributed by atoms with E-state index in [0.717, 1.165) is 4.47 Å². The van der Waals surface area contributed by atoms with E-state index in [1.54, 1.807) is 11.3 Å². The molecule has 1 rings (SSSR count). The molecule has 10 heavy (non-hydrogen) atoms. The molecular weight excluding hydrogens is 233 g/mol. The van der Waals surface area contributed by atoms with Crippen molar-refractivity contribution in [2.75, 3.05) is 0 Å². The van der Waals surface area contributed by atoms with Crippen molar-refractivity contribution >= 4 is 39.7 Å². The number of nitrogens with two attached hydrogens (primary N) is 1. The Morgan fingerprint density at radius 1 is 1.70 bits per heavy atom. The second kappa shape index (κ2) is 4.34. The molecule has 58 valence electrons. The van der Waals surface area contributed by atoms with Gasteiger partial charge >= 0.3 is 0 Å². The third-order valence-corrected chi connectivity index (χ3v) is 2.93. The fraction of sp³-hybridized carbons (Fsp3) is 0.333. The molecule has 0 radical (unpaired) electrons. The molecule has 0 aliphatic heterocycles. The van der Waals surface area contributed by atoms with Crippen LogP contribution in [0.4, 0.5) is 0 Å². The predicted octanol–water partition coefficient (Wildman–Crippen LogP) is 2.95. The summed E-state index contributed by atoms with van der Waals surface area (Å²) < 4.78 is 1.12. The summed E-state index contributed by atoms with van der Waals surface area (Å²) in [6.45, 7) is 1.98. The summed E-state index contributed by atoms with van der Waals surface area (Å²) >= 11 is 5.04. The highest BCUT2D eigenvalue weighted by atomic mass is 79.9. The van der Waals surface area contributed by atoms with E-state index in [2.05, 4.69) is 22.0 Å². The highest BCUT2D eigenvalue weighted by molar-refractivity contribution is 9.10. The van der Waals surface area contributed by atoms with Gasteiger partial charge in [0.25, 0.3) is 0 Å². The maximum Gasteiger partial charge on any atom is 0.0361 e. The molecule has 0 aromatic carbocycles. The first kappa shape index (κ1) is 10.4. The molecule has 1 aromatic heterocycles. The lowest BCUT2D eigenvalue weighted by molar-refractivity contribution is 0.838. The lowest BCUT2D eigenvalue weighted by Crippen LogP contribution is -2.01. The number of rotatable bonds is 1. The zero-order valence-corrected chi connectivity index (χ0v) is 8.72. The molecule has 1 unspecified atom stereocenters. The highest BCUT2D eigenvalue weighted by Gasteiger charge is 2.00. The van der Waals surface area contributed by atoms with E-state index >= 15 is 0 Å². The molecule has 0 aliphatic carbocycles. The second-order valence-corrected chi connectivity index (χ2v) is 3.81. The molecule has 2 N–H and O–H groups in total. The molecular formula is C6H9BrClNS. The normalized spacial score (nSPS) is 12.3. The lowest BCUT2D eigenvalue weighted by Gasteiger charge is -1.96. The van der Waals surface area contributed by atoms with E-state index in [4.69, 9.17) is 5.73 Å². The van der Waals surface area contributed by atoms with Gasteiger partial charge in [0.2, 0.25) is 0 Å². The van der Waals surface area contributed by atoms with E-state index in [0.29, 0.717) is 0 Å². The number of hydrogen-bond acceptors (Lipinski definition) is 2. The highest BCUT2D eigenvalue weighted by Crippen LogP contribution is 2.23. The first-order chi connectivity index (χ1) is 4.20. The average molecular weight is 243 g/mol. The third-order valence-electron chi connectivity index (χ3n) is 1.04. The molecule has 1 nitrogen and oxygen atoms in total. The number of hydrogen-bond donors (Lipinski definition) is 1. The minimum absolute atomic E-state index is 0. The van der Waals surface area contributed by atoms with Gasteiger partial charge in [-0.3, -0.25) is 0 Å². The topological polar surface area (TPSA) is 26.0 Å². The van der Waals surface area contributed by atoms with E-state index in [-0.39, 0.29) is 18.4 Å². The quantitative estimate of drug-likeness (QED) is 0.805.